The van der Waals surface area contributed by atoms with E-state index in [-0.39, 0.29) is 22.9 Å². The van der Waals surface area contributed by atoms with Crippen molar-refractivity contribution in [3.05, 3.63) is 59.8 Å². The minimum Gasteiger partial charge on any atom is -0.351 e. The third-order valence-corrected chi connectivity index (χ3v) is 6.08. The summed E-state index contributed by atoms with van der Waals surface area (Å²) in [4.78, 5) is 14.4. The van der Waals surface area contributed by atoms with Gasteiger partial charge in [-0.15, -0.1) is 4.40 Å². The predicted octanol–water partition coefficient (Wildman–Crippen LogP) is 1.33. The van der Waals surface area contributed by atoms with E-state index in [0.29, 0.717) is 18.7 Å². The topological polar surface area (TPSA) is 78.8 Å². The molecule has 2 aliphatic heterocycles. The van der Waals surface area contributed by atoms with Gasteiger partial charge in [-0.05, 0) is 30.6 Å². The first kappa shape index (κ1) is 16.1. The van der Waals surface area contributed by atoms with E-state index in [9.17, 15) is 13.2 Å². The molecular formula is C18H19N3O3S. The van der Waals surface area contributed by atoms with Gasteiger partial charge in [-0.3, -0.25) is 4.79 Å². The number of amidine groups is 1. The number of hydrogen-bond acceptors (Lipinski definition) is 4. The summed E-state index contributed by atoms with van der Waals surface area (Å²) in [5.74, 6) is -0.101. The van der Waals surface area contributed by atoms with Crippen molar-refractivity contribution in [1.29, 1.82) is 0 Å². The van der Waals surface area contributed by atoms with Crippen LogP contribution < -0.4 is 5.32 Å². The van der Waals surface area contributed by atoms with Gasteiger partial charge in [0.05, 0.1) is 11.3 Å². The first-order valence-corrected chi connectivity index (χ1v) is 9.92. The maximum Gasteiger partial charge on any atom is 0.256 e. The first-order chi connectivity index (χ1) is 12.0. The Morgan fingerprint density at radius 2 is 2.00 bits per heavy atom. The molecular weight excluding hydrogens is 338 g/mol. The van der Waals surface area contributed by atoms with Crippen molar-refractivity contribution in [3.8, 4) is 0 Å². The zero-order valence-corrected chi connectivity index (χ0v) is 14.5. The summed E-state index contributed by atoms with van der Waals surface area (Å²) in [7, 11) is -3.50. The Morgan fingerprint density at radius 1 is 1.24 bits per heavy atom. The van der Waals surface area contributed by atoms with Crippen LogP contribution in [0.1, 0.15) is 18.4 Å². The number of allylic oxidation sites excluding steroid dienone is 2. The van der Waals surface area contributed by atoms with Crippen molar-refractivity contribution < 1.29 is 13.2 Å². The molecule has 1 aliphatic carbocycles. The maximum atomic E-state index is 12.7. The lowest BCUT2D eigenvalue weighted by Gasteiger charge is -2.29. The Hall–Kier alpha value is -2.41. The molecule has 0 aromatic heterocycles. The van der Waals surface area contributed by atoms with Crippen LogP contribution in [0.15, 0.2) is 58.7 Å². The smallest absolute Gasteiger partial charge is 0.256 e. The van der Waals surface area contributed by atoms with Gasteiger partial charge in [0.1, 0.15) is 0 Å². The average molecular weight is 357 g/mol. The van der Waals surface area contributed by atoms with Crippen LogP contribution in [-0.4, -0.2) is 43.9 Å². The maximum absolute atomic E-state index is 12.7. The Morgan fingerprint density at radius 3 is 2.72 bits per heavy atom. The lowest BCUT2D eigenvalue weighted by Crippen LogP contribution is -2.43. The zero-order valence-electron chi connectivity index (χ0n) is 13.7. The van der Waals surface area contributed by atoms with Crippen molar-refractivity contribution in [1.82, 2.24) is 10.2 Å². The van der Waals surface area contributed by atoms with E-state index < -0.39 is 10.0 Å². The highest BCUT2D eigenvalue weighted by molar-refractivity contribution is 7.90. The molecule has 1 amide bonds. The second kappa shape index (κ2) is 5.84. The molecule has 0 atom stereocenters. The fourth-order valence-corrected chi connectivity index (χ4v) is 4.23. The molecule has 1 aromatic carbocycles. The van der Waals surface area contributed by atoms with E-state index in [1.807, 2.05) is 18.2 Å². The Balaban J connectivity index is 1.51. The number of carbonyl (C=O) groups excluding carboxylic acids is 1. The standard InChI is InChI=1S/C18H19N3O3S/c22-17(19-13-18(8-9-18)14-5-2-1-3-6-14)15-7-4-10-21-11-12-25(23,24)20-16(15)21/h1-7,10H,8-9,11-13H2,(H,19,22). The first-order valence-electron chi connectivity index (χ1n) is 8.31. The summed E-state index contributed by atoms with van der Waals surface area (Å²) in [6.45, 7) is 0.854. The van der Waals surface area contributed by atoms with Crippen molar-refractivity contribution in [2.45, 2.75) is 18.3 Å². The van der Waals surface area contributed by atoms with Crippen molar-refractivity contribution in [2.24, 2.45) is 4.40 Å². The number of rotatable bonds is 4. The molecule has 25 heavy (non-hydrogen) atoms. The zero-order chi connectivity index (χ0) is 17.5. The number of nitrogens with zero attached hydrogens (tertiary/aromatic N) is 2. The Kier molecular flexibility index (Phi) is 3.76. The van der Waals surface area contributed by atoms with Gasteiger partial charge in [0.25, 0.3) is 15.9 Å². The number of sulfonamides is 1. The summed E-state index contributed by atoms with van der Waals surface area (Å²) in [6.07, 6.45) is 7.19. The van der Waals surface area contributed by atoms with Gasteiger partial charge in [0.2, 0.25) is 0 Å². The number of carbonyl (C=O) groups is 1. The largest absolute Gasteiger partial charge is 0.351 e. The molecule has 1 aromatic rings. The van der Waals surface area contributed by atoms with E-state index in [1.165, 1.54) is 5.56 Å². The molecule has 4 rings (SSSR count). The number of hydrogen-bond donors (Lipinski definition) is 1. The summed E-state index contributed by atoms with van der Waals surface area (Å²) in [5.41, 5.74) is 1.53. The summed E-state index contributed by atoms with van der Waals surface area (Å²) < 4.78 is 27.4. The van der Waals surface area contributed by atoms with Crippen LogP contribution in [0.5, 0.6) is 0 Å². The molecule has 1 saturated carbocycles. The van der Waals surface area contributed by atoms with E-state index >= 15 is 0 Å². The highest BCUT2D eigenvalue weighted by Gasteiger charge is 2.44. The van der Waals surface area contributed by atoms with E-state index in [4.69, 9.17) is 0 Å². The molecule has 2 heterocycles. The molecule has 0 spiro atoms. The van der Waals surface area contributed by atoms with Crippen LogP contribution in [-0.2, 0) is 20.2 Å². The lowest BCUT2D eigenvalue weighted by atomic mass is 9.96. The molecule has 130 valence electrons. The third-order valence-electron chi connectivity index (χ3n) is 4.93. The summed E-state index contributed by atoms with van der Waals surface area (Å²) in [5, 5.41) is 2.97. The van der Waals surface area contributed by atoms with E-state index in [1.54, 1.807) is 23.3 Å². The number of amides is 1. The van der Waals surface area contributed by atoms with Crippen LogP contribution in [0.4, 0.5) is 0 Å². The number of benzene rings is 1. The van der Waals surface area contributed by atoms with Gasteiger partial charge in [-0.1, -0.05) is 30.3 Å². The molecule has 0 saturated heterocycles. The summed E-state index contributed by atoms with van der Waals surface area (Å²) in [6, 6.07) is 10.2. The molecule has 0 bridgehead atoms. The predicted molar refractivity (Wildman–Crippen MR) is 95.5 cm³/mol. The Labute approximate surface area is 147 Å². The summed E-state index contributed by atoms with van der Waals surface area (Å²) >= 11 is 0. The van der Waals surface area contributed by atoms with Crippen molar-refractivity contribution in [2.75, 3.05) is 18.8 Å². The van der Waals surface area contributed by atoms with Crippen LogP contribution in [0.3, 0.4) is 0 Å². The van der Waals surface area contributed by atoms with Crippen LogP contribution in [0.25, 0.3) is 0 Å². The molecule has 3 aliphatic rings. The third kappa shape index (κ3) is 3.11. The van der Waals surface area contributed by atoms with Gasteiger partial charge in [0, 0.05) is 24.7 Å². The second-order valence-corrected chi connectivity index (χ2v) is 8.40. The van der Waals surface area contributed by atoms with Crippen LogP contribution in [0.2, 0.25) is 0 Å². The normalized spacial score (nSPS) is 22.5. The van der Waals surface area contributed by atoms with Crippen LogP contribution in [0, 0.1) is 0 Å². The lowest BCUT2D eigenvalue weighted by molar-refractivity contribution is -0.117. The minimum absolute atomic E-state index is 0.00211. The molecule has 6 nitrogen and oxygen atoms in total. The van der Waals surface area contributed by atoms with Crippen molar-refractivity contribution in [3.63, 3.8) is 0 Å². The second-order valence-electron chi connectivity index (χ2n) is 6.65. The monoisotopic (exact) mass is 357 g/mol. The molecule has 7 heteroatoms. The van der Waals surface area contributed by atoms with Crippen LogP contribution >= 0.6 is 0 Å². The SMILES string of the molecule is O=C(NCC1(c2ccccc2)CC1)C1=CC=CN2CCS(=O)(=O)N=C12. The molecule has 1 fully saturated rings. The molecule has 0 unspecified atom stereocenters. The van der Waals surface area contributed by atoms with Crippen molar-refractivity contribution >= 4 is 21.8 Å². The fraction of sp³-hybridized carbons (Fsp3) is 0.333. The Bertz CT molecular complexity index is 897. The molecule has 0 radical (unpaired) electrons. The van der Waals surface area contributed by atoms with Gasteiger partial charge in [-0.25, -0.2) is 8.42 Å². The van der Waals surface area contributed by atoms with E-state index in [2.05, 4.69) is 21.8 Å². The molecule has 1 N–H and O–H groups in total. The fourth-order valence-electron chi connectivity index (χ4n) is 3.25. The van der Waals surface area contributed by atoms with Gasteiger partial charge >= 0.3 is 0 Å². The average Bonchev–Trinajstić information content (AvgIpc) is 3.40. The quantitative estimate of drug-likeness (QED) is 0.882. The number of nitrogens with one attached hydrogen (secondary N) is 1. The number of fused-ring (bicyclic) bond motifs is 1. The van der Waals surface area contributed by atoms with Gasteiger partial charge in [-0.2, -0.15) is 0 Å². The minimum atomic E-state index is -3.50. The van der Waals surface area contributed by atoms with Gasteiger partial charge in [0.15, 0.2) is 5.84 Å². The van der Waals surface area contributed by atoms with E-state index in [0.717, 1.165) is 12.8 Å². The van der Waals surface area contributed by atoms with Gasteiger partial charge < -0.3 is 10.2 Å². The highest BCUT2D eigenvalue weighted by Crippen LogP contribution is 2.47. The highest BCUT2D eigenvalue weighted by atomic mass is 32.2.